The molecule has 17 heavy (non-hydrogen) atoms. The number of carbonyl (C=O) groups is 1. The summed E-state index contributed by atoms with van der Waals surface area (Å²) in [5, 5.41) is 0. The molecule has 1 unspecified atom stereocenters. The molecule has 92 valence electrons. The summed E-state index contributed by atoms with van der Waals surface area (Å²) in [6.45, 7) is 0.235. The Morgan fingerprint density at radius 1 is 1.41 bits per heavy atom. The van der Waals surface area contributed by atoms with E-state index in [1.807, 2.05) is 12.1 Å². The Hall–Kier alpha value is -1.39. The topological polar surface area (TPSA) is 61.5 Å². The third-order valence-electron chi connectivity index (χ3n) is 2.65. The van der Waals surface area contributed by atoms with Gasteiger partial charge in [0.15, 0.2) is 5.78 Å². The average Bonchev–Trinajstić information content (AvgIpc) is 3.13. The van der Waals surface area contributed by atoms with Crippen LogP contribution in [-0.2, 0) is 4.74 Å². The van der Waals surface area contributed by atoms with Crippen molar-refractivity contribution < 1.29 is 14.3 Å². The molecule has 1 atom stereocenters. The second-order valence-electron chi connectivity index (χ2n) is 4.27. The molecule has 1 aliphatic carbocycles. The summed E-state index contributed by atoms with van der Waals surface area (Å²) >= 11 is 0. The molecule has 4 nitrogen and oxygen atoms in total. The van der Waals surface area contributed by atoms with Crippen LogP contribution < -0.4 is 10.5 Å². The molecule has 2 rings (SSSR count). The highest BCUT2D eigenvalue weighted by atomic mass is 16.5. The number of hydrogen-bond acceptors (Lipinski definition) is 4. The van der Waals surface area contributed by atoms with Crippen LogP contribution >= 0.6 is 0 Å². The van der Waals surface area contributed by atoms with Gasteiger partial charge in [0, 0.05) is 12.7 Å². The summed E-state index contributed by atoms with van der Waals surface area (Å²) in [5.41, 5.74) is 6.28. The minimum absolute atomic E-state index is 0.107. The highest BCUT2D eigenvalue weighted by molar-refractivity contribution is 6.00. The fourth-order valence-electron chi connectivity index (χ4n) is 1.55. The van der Waals surface area contributed by atoms with Gasteiger partial charge >= 0.3 is 0 Å². The largest absolute Gasteiger partial charge is 0.490 e. The fourth-order valence-corrected chi connectivity index (χ4v) is 1.55. The lowest BCUT2D eigenvalue weighted by atomic mass is 10.1. The van der Waals surface area contributed by atoms with Gasteiger partial charge in [-0.3, -0.25) is 4.79 Å². The molecule has 1 aromatic carbocycles. The minimum atomic E-state index is -0.602. The van der Waals surface area contributed by atoms with Crippen molar-refractivity contribution in [3.05, 3.63) is 29.8 Å². The van der Waals surface area contributed by atoms with Gasteiger partial charge in [0.25, 0.3) is 0 Å². The van der Waals surface area contributed by atoms with E-state index >= 15 is 0 Å². The maximum Gasteiger partial charge on any atom is 0.181 e. The maximum absolute atomic E-state index is 11.8. The van der Waals surface area contributed by atoms with Gasteiger partial charge in [0.05, 0.1) is 18.8 Å². The molecule has 1 aromatic rings. The van der Waals surface area contributed by atoms with Crippen molar-refractivity contribution in [3.8, 4) is 5.75 Å². The molecule has 0 heterocycles. The summed E-state index contributed by atoms with van der Waals surface area (Å²) in [6, 6.07) is 6.51. The zero-order valence-corrected chi connectivity index (χ0v) is 9.89. The SMILES string of the molecule is COCC(N)C(=O)c1ccc(OC2CC2)cc1. The Morgan fingerprint density at radius 2 is 2.06 bits per heavy atom. The van der Waals surface area contributed by atoms with Crippen LogP contribution in [0.2, 0.25) is 0 Å². The van der Waals surface area contributed by atoms with Gasteiger partial charge in [0.2, 0.25) is 0 Å². The van der Waals surface area contributed by atoms with Crippen LogP contribution in [0.3, 0.4) is 0 Å². The molecule has 1 aliphatic rings. The van der Waals surface area contributed by atoms with Crippen LogP contribution in [0, 0.1) is 0 Å². The number of ether oxygens (including phenoxy) is 2. The van der Waals surface area contributed by atoms with E-state index in [4.69, 9.17) is 15.2 Å². The molecule has 0 radical (unpaired) electrons. The van der Waals surface area contributed by atoms with Crippen LogP contribution in [0.4, 0.5) is 0 Å². The van der Waals surface area contributed by atoms with Crippen molar-refractivity contribution >= 4 is 5.78 Å². The number of methoxy groups -OCH3 is 1. The average molecular weight is 235 g/mol. The Labute approximate surface area is 101 Å². The van der Waals surface area contributed by atoms with Crippen LogP contribution in [-0.4, -0.2) is 31.6 Å². The van der Waals surface area contributed by atoms with Gasteiger partial charge < -0.3 is 15.2 Å². The van der Waals surface area contributed by atoms with Crippen LogP contribution in [0.15, 0.2) is 24.3 Å². The molecule has 0 spiro atoms. The molecule has 4 heteroatoms. The number of Topliss-reactive ketones (excluding diaryl/α,β-unsaturated/α-hetero) is 1. The Bertz CT molecular complexity index is 384. The van der Waals surface area contributed by atoms with Crippen LogP contribution in [0.5, 0.6) is 5.75 Å². The summed E-state index contributed by atoms with van der Waals surface area (Å²) < 4.78 is 10.5. The molecule has 0 saturated heterocycles. The molecule has 0 bridgehead atoms. The monoisotopic (exact) mass is 235 g/mol. The predicted molar refractivity (Wildman–Crippen MR) is 64.3 cm³/mol. The number of hydrogen-bond donors (Lipinski definition) is 1. The van der Waals surface area contributed by atoms with E-state index in [1.54, 1.807) is 12.1 Å². The quantitative estimate of drug-likeness (QED) is 0.757. The van der Waals surface area contributed by atoms with Crippen molar-refractivity contribution in [2.75, 3.05) is 13.7 Å². The van der Waals surface area contributed by atoms with Crippen molar-refractivity contribution in [1.29, 1.82) is 0 Å². The highest BCUT2D eigenvalue weighted by Crippen LogP contribution is 2.26. The van der Waals surface area contributed by atoms with E-state index < -0.39 is 6.04 Å². The fraction of sp³-hybridized carbons (Fsp3) is 0.462. The molecule has 0 aliphatic heterocycles. The van der Waals surface area contributed by atoms with E-state index in [0.717, 1.165) is 18.6 Å². The molecule has 0 amide bonds. The van der Waals surface area contributed by atoms with Crippen molar-refractivity contribution in [3.63, 3.8) is 0 Å². The van der Waals surface area contributed by atoms with Gasteiger partial charge in [-0.1, -0.05) is 0 Å². The summed E-state index contributed by atoms with van der Waals surface area (Å²) in [7, 11) is 1.53. The molecular formula is C13H17NO3. The first-order chi connectivity index (χ1) is 8.20. The van der Waals surface area contributed by atoms with E-state index in [0.29, 0.717) is 11.7 Å². The third kappa shape index (κ3) is 3.28. The number of rotatable bonds is 6. The summed E-state index contributed by atoms with van der Waals surface area (Å²) in [4.78, 5) is 11.8. The summed E-state index contributed by atoms with van der Waals surface area (Å²) in [5.74, 6) is 0.703. The second kappa shape index (κ2) is 5.29. The van der Waals surface area contributed by atoms with E-state index in [1.165, 1.54) is 7.11 Å². The molecule has 1 fully saturated rings. The van der Waals surface area contributed by atoms with Gasteiger partial charge in [-0.25, -0.2) is 0 Å². The van der Waals surface area contributed by atoms with Gasteiger partial charge in [-0.2, -0.15) is 0 Å². The first-order valence-corrected chi connectivity index (χ1v) is 5.76. The number of benzene rings is 1. The minimum Gasteiger partial charge on any atom is -0.490 e. The zero-order chi connectivity index (χ0) is 12.3. The molecular weight excluding hydrogens is 218 g/mol. The van der Waals surface area contributed by atoms with Crippen molar-refractivity contribution in [2.24, 2.45) is 5.73 Å². The first-order valence-electron chi connectivity index (χ1n) is 5.76. The van der Waals surface area contributed by atoms with Crippen LogP contribution in [0.1, 0.15) is 23.2 Å². The lowest BCUT2D eigenvalue weighted by Crippen LogP contribution is -2.34. The Morgan fingerprint density at radius 3 is 2.59 bits per heavy atom. The number of nitrogens with two attached hydrogens (primary N) is 1. The zero-order valence-electron chi connectivity index (χ0n) is 9.89. The third-order valence-corrected chi connectivity index (χ3v) is 2.65. The highest BCUT2D eigenvalue weighted by Gasteiger charge is 2.23. The normalized spacial score (nSPS) is 16.6. The molecule has 1 saturated carbocycles. The predicted octanol–water partition coefficient (Wildman–Crippen LogP) is 1.38. The van der Waals surface area contributed by atoms with E-state index in [2.05, 4.69) is 0 Å². The van der Waals surface area contributed by atoms with Gasteiger partial charge in [0.1, 0.15) is 5.75 Å². The van der Waals surface area contributed by atoms with Crippen LogP contribution in [0.25, 0.3) is 0 Å². The number of ketones is 1. The first kappa shape index (κ1) is 12.1. The van der Waals surface area contributed by atoms with Gasteiger partial charge in [-0.15, -0.1) is 0 Å². The standard InChI is InChI=1S/C13H17NO3/c1-16-8-12(14)13(15)9-2-4-10(5-3-9)17-11-6-7-11/h2-5,11-12H,6-8,14H2,1H3. The summed E-state index contributed by atoms with van der Waals surface area (Å²) in [6.07, 6.45) is 2.62. The second-order valence-corrected chi connectivity index (χ2v) is 4.27. The molecule has 2 N–H and O–H groups in total. The lowest BCUT2D eigenvalue weighted by Gasteiger charge is -2.10. The van der Waals surface area contributed by atoms with Crippen molar-refractivity contribution in [2.45, 2.75) is 25.0 Å². The maximum atomic E-state index is 11.8. The number of carbonyl (C=O) groups excluding carboxylic acids is 1. The molecule has 0 aromatic heterocycles. The van der Waals surface area contributed by atoms with E-state index in [-0.39, 0.29) is 12.4 Å². The van der Waals surface area contributed by atoms with E-state index in [9.17, 15) is 4.79 Å². The lowest BCUT2D eigenvalue weighted by molar-refractivity contribution is 0.0892. The smallest absolute Gasteiger partial charge is 0.181 e. The Kier molecular flexibility index (Phi) is 3.76. The van der Waals surface area contributed by atoms with Crippen molar-refractivity contribution in [1.82, 2.24) is 0 Å². The Balaban J connectivity index is 1.98. The van der Waals surface area contributed by atoms with Gasteiger partial charge in [-0.05, 0) is 37.1 Å².